The van der Waals surface area contributed by atoms with Gasteiger partial charge in [-0.3, -0.25) is 9.59 Å². The Morgan fingerprint density at radius 2 is 1.95 bits per heavy atom. The first-order chi connectivity index (χ1) is 10.2. The van der Waals surface area contributed by atoms with Gasteiger partial charge in [0.15, 0.2) is 6.10 Å². The van der Waals surface area contributed by atoms with Crippen molar-refractivity contribution in [2.45, 2.75) is 32.0 Å². The van der Waals surface area contributed by atoms with E-state index in [1.165, 1.54) is 17.0 Å². The zero-order chi connectivity index (χ0) is 16.5. The number of nitrogens with zero attached hydrogens (tertiary/aromatic N) is 1. The molecule has 1 aromatic heterocycles. The van der Waals surface area contributed by atoms with E-state index in [0.717, 1.165) is 0 Å². The van der Waals surface area contributed by atoms with Crippen molar-refractivity contribution in [2.24, 2.45) is 5.92 Å². The van der Waals surface area contributed by atoms with Crippen LogP contribution in [0, 0.1) is 12.8 Å². The predicted octanol–water partition coefficient (Wildman–Crippen LogP) is 1.46. The first kappa shape index (κ1) is 16.5. The van der Waals surface area contributed by atoms with E-state index in [9.17, 15) is 27.9 Å². The third kappa shape index (κ3) is 3.68. The number of H-pyrrole nitrogens is 1. The normalized spacial score (nSPS) is 18.3. The van der Waals surface area contributed by atoms with E-state index in [2.05, 4.69) is 4.98 Å². The molecule has 0 saturated carbocycles. The minimum absolute atomic E-state index is 0.0780. The molecule has 1 aliphatic heterocycles. The Morgan fingerprint density at radius 1 is 1.36 bits per heavy atom. The second kappa shape index (κ2) is 6.12. The number of pyridine rings is 1. The number of alkyl halides is 3. The number of aliphatic hydroxyl groups is 1. The minimum atomic E-state index is -4.64. The van der Waals surface area contributed by atoms with Crippen LogP contribution >= 0.6 is 0 Å². The Bertz CT molecular complexity index is 604. The molecule has 1 aliphatic rings. The number of amides is 1. The third-order valence-corrected chi connectivity index (χ3v) is 3.83. The summed E-state index contributed by atoms with van der Waals surface area (Å²) in [4.78, 5) is 27.6. The van der Waals surface area contributed by atoms with Gasteiger partial charge in [-0.05, 0) is 31.7 Å². The van der Waals surface area contributed by atoms with Crippen LogP contribution in [0.4, 0.5) is 13.2 Å². The standard InChI is InChI=1S/C14H17F3N2O3/c1-8-6-10(7-11(20)18-8)13(22)19-4-2-9(3-5-19)12(21)14(15,16)17/h6-7,9,12,21H,2-5H2,1H3,(H,18,20). The number of carbonyl (C=O) groups is 1. The maximum atomic E-state index is 12.5. The number of hydrogen-bond donors (Lipinski definition) is 2. The Morgan fingerprint density at radius 3 is 2.45 bits per heavy atom. The van der Waals surface area contributed by atoms with Crippen LogP contribution in [-0.4, -0.2) is 46.3 Å². The average molecular weight is 318 g/mol. The Balaban J connectivity index is 2.02. The number of aryl methyl sites for hydroxylation is 1. The van der Waals surface area contributed by atoms with Crippen molar-refractivity contribution in [1.82, 2.24) is 9.88 Å². The molecule has 0 radical (unpaired) electrons. The number of piperidine rings is 1. The van der Waals surface area contributed by atoms with E-state index < -0.39 is 23.8 Å². The van der Waals surface area contributed by atoms with E-state index in [-0.39, 0.29) is 37.4 Å². The molecule has 1 fully saturated rings. The SMILES string of the molecule is Cc1cc(C(=O)N2CCC(C(O)C(F)(F)F)CC2)cc(=O)[nH]1. The van der Waals surface area contributed by atoms with Crippen LogP contribution in [0.2, 0.25) is 0 Å². The highest BCUT2D eigenvalue weighted by Crippen LogP contribution is 2.31. The lowest BCUT2D eigenvalue weighted by Crippen LogP contribution is -2.45. The van der Waals surface area contributed by atoms with Crippen LogP contribution in [-0.2, 0) is 0 Å². The van der Waals surface area contributed by atoms with E-state index in [4.69, 9.17) is 0 Å². The number of aromatic nitrogens is 1. The molecule has 8 heteroatoms. The molecular weight excluding hydrogens is 301 g/mol. The Hall–Kier alpha value is -1.83. The van der Waals surface area contributed by atoms with Gasteiger partial charge in [-0.2, -0.15) is 13.2 Å². The summed E-state index contributed by atoms with van der Waals surface area (Å²) in [5, 5.41) is 9.25. The second-order valence-corrected chi connectivity index (χ2v) is 5.53. The molecule has 0 aliphatic carbocycles. The Kier molecular flexibility index (Phi) is 4.60. The van der Waals surface area contributed by atoms with E-state index in [1.807, 2.05) is 0 Å². The van der Waals surface area contributed by atoms with Crippen molar-refractivity contribution >= 4 is 5.91 Å². The average Bonchev–Trinajstić information content (AvgIpc) is 2.44. The fourth-order valence-corrected chi connectivity index (χ4v) is 2.67. The number of hydrogen-bond acceptors (Lipinski definition) is 3. The summed E-state index contributed by atoms with van der Waals surface area (Å²) in [5.41, 5.74) is 0.361. The van der Waals surface area contributed by atoms with Crippen LogP contribution in [0.25, 0.3) is 0 Å². The van der Waals surface area contributed by atoms with Crippen molar-refractivity contribution in [2.75, 3.05) is 13.1 Å². The van der Waals surface area contributed by atoms with Crippen molar-refractivity contribution in [3.8, 4) is 0 Å². The predicted molar refractivity (Wildman–Crippen MR) is 72.5 cm³/mol. The zero-order valence-corrected chi connectivity index (χ0v) is 12.0. The summed E-state index contributed by atoms with van der Waals surface area (Å²) in [6, 6.07) is 2.70. The number of likely N-dealkylation sites (tertiary alicyclic amines) is 1. The van der Waals surface area contributed by atoms with Crippen LogP contribution < -0.4 is 5.56 Å². The molecule has 22 heavy (non-hydrogen) atoms. The highest BCUT2D eigenvalue weighted by Gasteiger charge is 2.44. The lowest BCUT2D eigenvalue weighted by atomic mass is 9.90. The molecule has 1 unspecified atom stereocenters. The molecule has 2 N–H and O–H groups in total. The summed E-state index contributed by atoms with van der Waals surface area (Å²) < 4.78 is 37.4. The summed E-state index contributed by atoms with van der Waals surface area (Å²) in [6.45, 7) is 1.90. The number of carbonyl (C=O) groups excluding carboxylic acids is 1. The smallest absolute Gasteiger partial charge is 0.383 e. The maximum Gasteiger partial charge on any atom is 0.414 e. The summed E-state index contributed by atoms with van der Waals surface area (Å²) in [5.74, 6) is -1.28. The number of rotatable bonds is 2. The monoisotopic (exact) mass is 318 g/mol. The first-order valence-corrected chi connectivity index (χ1v) is 6.93. The number of aliphatic hydroxyl groups excluding tert-OH is 1. The van der Waals surface area contributed by atoms with Gasteiger partial charge in [0.1, 0.15) is 0 Å². The van der Waals surface area contributed by atoms with Gasteiger partial charge in [-0.1, -0.05) is 0 Å². The van der Waals surface area contributed by atoms with Crippen molar-refractivity contribution in [3.05, 3.63) is 33.7 Å². The topological polar surface area (TPSA) is 73.4 Å². The molecular formula is C14H17F3N2O3. The van der Waals surface area contributed by atoms with Crippen LogP contribution in [0.1, 0.15) is 28.9 Å². The number of nitrogens with one attached hydrogen (secondary N) is 1. The van der Waals surface area contributed by atoms with Crippen LogP contribution in [0.5, 0.6) is 0 Å². The van der Waals surface area contributed by atoms with Crippen LogP contribution in [0.15, 0.2) is 16.9 Å². The van der Waals surface area contributed by atoms with Gasteiger partial charge < -0.3 is 15.0 Å². The van der Waals surface area contributed by atoms with Gasteiger partial charge in [0.25, 0.3) is 5.91 Å². The van der Waals surface area contributed by atoms with Crippen LogP contribution in [0.3, 0.4) is 0 Å². The molecule has 0 spiro atoms. The van der Waals surface area contributed by atoms with Gasteiger partial charge in [-0.25, -0.2) is 0 Å². The van der Waals surface area contributed by atoms with E-state index in [1.54, 1.807) is 6.92 Å². The highest BCUT2D eigenvalue weighted by molar-refractivity contribution is 5.94. The Labute approximate surface area is 124 Å². The maximum absolute atomic E-state index is 12.5. The van der Waals surface area contributed by atoms with E-state index >= 15 is 0 Å². The zero-order valence-electron chi connectivity index (χ0n) is 12.0. The molecule has 0 bridgehead atoms. The fourth-order valence-electron chi connectivity index (χ4n) is 2.67. The molecule has 2 rings (SSSR count). The van der Waals surface area contributed by atoms with Gasteiger partial charge >= 0.3 is 6.18 Å². The van der Waals surface area contributed by atoms with Crippen molar-refractivity contribution < 1.29 is 23.1 Å². The molecule has 5 nitrogen and oxygen atoms in total. The number of halogens is 3. The fraction of sp³-hybridized carbons (Fsp3) is 0.571. The molecule has 122 valence electrons. The summed E-state index contributed by atoms with van der Waals surface area (Å²) >= 11 is 0. The molecule has 1 atom stereocenters. The molecule has 1 saturated heterocycles. The van der Waals surface area contributed by atoms with E-state index in [0.29, 0.717) is 5.69 Å². The summed E-state index contributed by atoms with van der Waals surface area (Å²) in [7, 11) is 0. The largest absolute Gasteiger partial charge is 0.414 e. The quantitative estimate of drug-likeness (QED) is 0.867. The molecule has 0 aromatic carbocycles. The van der Waals surface area contributed by atoms with Gasteiger partial charge in [0.2, 0.25) is 5.56 Å². The van der Waals surface area contributed by atoms with Crippen molar-refractivity contribution in [3.63, 3.8) is 0 Å². The molecule has 2 heterocycles. The highest BCUT2D eigenvalue weighted by atomic mass is 19.4. The summed E-state index contributed by atoms with van der Waals surface area (Å²) in [6.07, 6.45) is -6.84. The number of aromatic amines is 1. The molecule has 1 aromatic rings. The lowest BCUT2D eigenvalue weighted by Gasteiger charge is -2.34. The van der Waals surface area contributed by atoms with Gasteiger partial charge in [0.05, 0.1) is 0 Å². The second-order valence-electron chi connectivity index (χ2n) is 5.53. The van der Waals surface area contributed by atoms with Gasteiger partial charge in [0, 0.05) is 30.4 Å². The third-order valence-electron chi connectivity index (χ3n) is 3.83. The van der Waals surface area contributed by atoms with Gasteiger partial charge in [-0.15, -0.1) is 0 Å². The lowest BCUT2D eigenvalue weighted by molar-refractivity contribution is -0.222. The molecule has 1 amide bonds. The van der Waals surface area contributed by atoms with Crippen molar-refractivity contribution in [1.29, 1.82) is 0 Å². The first-order valence-electron chi connectivity index (χ1n) is 6.93. The minimum Gasteiger partial charge on any atom is -0.383 e.